The van der Waals surface area contributed by atoms with Gasteiger partial charge in [0.25, 0.3) is 0 Å². The molecule has 0 aromatic rings. The first-order valence-corrected chi connectivity index (χ1v) is 19.2. The van der Waals surface area contributed by atoms with Crippen LogP contribution in [0.5, 0.6) is 0 Å². The van der Waals surface area contributed by atoms with E-state index in [0.717, 1.165) is 35.8 Å². The monoisotopic (exact) mass is 1000 g/mol. The second-order valence-electron chi connectivity index (χ2n) is 7.31. The zero-order valence-electron chi connectivity index (χ0n) is 33.9. The van der Waals surface area contributed by atoms with Crippen molar-refractivity contribution < 1.29 is 127 Å². The second-order valence-corrected chi connectivity index (χ2v) is 9.69. The Morgan fingerprint density at radius 3 is 0.434 bits per heavy atom. The molecule has 0 spiro atoms. The Hall–Kier alpha value is 1.68. The fourth-order valence-electron chi connectivity index (χ4n) is 0.606. The SMILES string of the molecule is COCCBr.COCCBr.COCCBr.COCCO.OCCCO.OCCCO.OCCCO.OCCCO.OCCO.OCCO.OCCO.[H-].[Na+]. The molecule has 0 unspecified atom stereocenters. The standard InChI is InChI=1S/3C3H7BrO.5C3H8O2.3C2H6O2.Na.H/c4*1-5-3-2-4;4*4-2-1-3-5;3*3-1-2-4;;/h3*2-3H2,1H3;4H,2-3H2,1H3;4*4-5H,1-3H2;3*3-4H,1-2H2;;/q;;;;;;;;;;;+1;-1. The van der Waals surface area contributed by atoms with E-state index in [0.29, 0.717) is 32.3 Å². The van der Waals surface area contributed by atoms with Crippen LogP contribution in [0.15, 0.2) is 0 Å². The summed E-state index contributed by atoms with van der Waals surface area (Å²) in [5, 5.41) is 120. The maximum atomic E-state index is 7.94. The zero-order valence-corrected chi connectivity index (χ0v) is 39.6. The van der Waals surface area contributed by atoms with Crippen molar-refractivity contribution in [2.45, 2.75) is 25.7 Å². The number of aliphatic hydroxyl groups excluding tert-OH is 15. The summed E-state index contributed by atoms with van der Waals surface area (Å²) in [6, 6.07) is 0. The Labute approximate surface area is 367 Å². The van der Waals surface area contributed by atoms with Gasteiger partial charge < -0.3 is 97.0 Å². The molecule has 0 aliphatic rings. The van der Waals surface area contributed by atoms with Crippen molar-refractivity contribution in [3.8, 4) is 0 Å². The number of aliphatic hydroxyl groups is 15. The molecule has 336 valence electrons. The van der Waals surface area contributed by atoms with E-state index >= 15 is 0 Å². The van der Waals surface area contributed by atoms with Crippen molar-refractivity contribution in [1.82, 2.24) is 0 Å². The van der Waals surface area contributed by atoms with Gasteiger partial charge in [-0.1, -0.05) is 47.8 Å². The van der Waals surface area contributed by atoms with Crippen LogP contribution in [0.2, 0.25) is 0 Å². The van der Waals surface area contributed by atoms with Crippen LogP contribution in [-0.2, 0) is 18.9 Å². The minimum absolute atomic E-state index is 0. The van der Waals surface area contributed by atoms with Crippen molar-refractivity contribution in [1.29, 1.82) is 0 Å². The van der Waals surface area contributed by atoms with Crippen LogP contribution in [0, 0.1) is 0 Å². The molecule has 0 saturated heterocycles. The minimum Gasteiger partial charge on any atom is -1.00 e. The molecule has 15 N–H and O–H groups in total. The Morgan fingerprint density at radius 2 is 0.434 bits per heavy atom. The van der Waals surface area contributed by atoms with E-state index in [9.17, 15) is 0 Å². The fraction of sp³-hybridized carbons (Fsp3) is 1.00. The average molecular weight is 1010 g/mol. The van der Waals surface area contributed by atoms with Gasteiger partial charge in [0.05, 0.1) is 72.7 Å². The zero-order chi connectivity index (χ0) is 43.2. The number of hydrogen-bond acceptors (Lipinski definition) is 19. The number of hydrogen-bond donors (Lipinski definition) is 15. The molecule has 0 aromatic carbocycles. The van der Waals surface area contributed by atoms with Gasteiger partial charge in [-0.05, 0) is 25.7 Å². The molecule has 19 nitrogen and oxygen atoms in total. The summed E-state index contributed by atoms with van der Waals surface area (Å²) in [6.07, 6.45) is 2.00. The van der Waals surface area contributed by atoms with Crippen molar-refractivity contribution in [3.05, 3.63) is 0 Å². The third-order valence-corrected chi connectivity index (χ3v) is 3.68. The smallest absolute Gasteiger partial charge is 1.00 e. The summed E-state index contributed by atoms with van der Waals surface area (Å²) in [6.45, 7) is 2.98. The molecule has 0 saturated carbocycles. The van der Waals surface area contributed by atoms with Gasteiger partial charge in [-0.3, -0.25) is 0 Å². The largest absolute Gasteiger partial charge is 1.00 e. The van der Waals surface area contributed by atoms with E-state index in [1.165, 1.54) is 0 Å². The van der Waals surface area contributed by atoms with Crippen LogP contribution in [-0.4, -0.2) is 247 Å². The first-order chi connectivity index (χ1) is 25.1. The summed E-state index contributed by atoms with van der Waals surface area (Å²) in [7, 11) is 6.60. The van der Waals surface area contributed by atoms with Crippen LogP contribution in [0.25, 0.3) is 0 Å². The van der Waals surface area contributed by atoms with Crippen LogP contribution in [0.3, 0.4) is 0 Å². The van der Waals surface area contributed by atoms with E-state index < -0.39 is 0 Å². The van der Waals surface area contributed by atoms with Crippen molar-refractivity contribution >= 4 is 47.8 Å². The number of ether oxygens (including phenoxy) is 4. The number of rotatable bonds is 19. The van der Waals surface area contributed by atoms with Crippen LogP contribution >= 0.6 is 47.8 Å². The first-order valence-electron chi connectivity index (χ1n) is 15.8. The number of methoxy groups -OCH3 is 4. The van der Waals surface area contributed by atoms with Gasteiger partial charge in [0.2, 0.25) is 0 Å². The van der Waals surface area contributed by atoms with Crippen LogP contribution in [0.1, 0.15) is 27.1 Å². The van der Waals surface area contributed by atoms with Gasteiger partial charge in [0.1, 0.15) is 0 Å². The predicted molar refractivity (Wildman–Crippen MR) is 215 cm³/mol. The molecule has 23 heteroatoms. The average Bonchev–Trinajstić information content (AvgIpc) is 3.16. The normalized spacial score (nSPS) is 8.04. The van der Waals surface area contributed by atoms with Crippen molar-refractivity contribution in [2.75, 3.05) is 170 Å². The second kappa shape index (κ2) is 148. The van der Waals surface area contributed by atoms with Gasteiger partial charge >= 0.3 is 29.6 Å². The van der Waals surface area contributed by atoms with Gasteiger partial charge in [-0.2, -0.15) is 0 Å². The summed E-state index contributed by atoms with van der Waals surface area (Å²) in [5.74, 6) is 0. The van der Waals surface area contributed by atoms with Gasteiger partial charge in [-0.15, -0.1) is 0 Å². The molecular weight excluding hydrogens is 927 g/mol. The van der Waals surface area contributed by atoms with Gasteiger partial charge in [0, 0.05) is 97.3 Å². The topological polar surface area (TPSA) is 340 Å². The Kier molecular flexibility index (Phi) is 242. The van der Waals surface area contributed by atoms with Crippen molar-refractivity contribution in [3.63, 3.8) is 0 Å². The number of halogens is 3. The molecule has 0 rings (SSSR count). The fourth-order valence-corrected chi connectivity index (χ4v) is 1.58. The molecule has 0 atom stereocenters. The first kappa shape index (κ1) is 86.5. The maximum absolute atomic E-state index is 7.94. The predicted octanol–water partition coefficient (Wildman–Crippen LogP) is -5.82. The van der Waals surface area contributed by atoms with E-state index in [4.69, 9.17) is 76.6 Å². The quantitative estimate of drug-likeness (QED) is 0.0423. The summed E-state index contributed by atoms with van der Waals surface area (Å²) in [5.41, 5.74) is 0. The van der Waals surface area contributed by atoms with Gasteiger partial charge in [-0.25, -0.2) is 0 Å². The molecule has 0 aliphatic carbocycles. The molecular formula is C30H80Br3NaO19. The molecule has 0 aromatic heterocycles. The Bertz CT molecular complexity index is 269. The van der Waals surface area contributed by atoms with Crippen LogP contribution < -0.4 is 29.6 Å². The molecule has 53 heavy (non-hydrogen) atoms. The molecule has 0 fully saturated rings. The minimum atomic E-state index is -0.125. The van der Waals surface area contributed by atoms with E-state index in [1.807, 2.05) is 0 Å². The van der Waals surface area contributed by atoms with Crippen molar-refractivity contribution in [2.24, 2.45) is 0 Å². The third kappa shape index (κ3) is 335. The summed E-state index contributed by atoms with van der Waals surface area (Å²) >= 11 is 9.55. The molecule has 0 radical (unpaired) electrons. The summed E-state index contributed by atoms with van der Waals surface area (Å²) < 4.78 is 18.4. The van der Waals surface area contributed by atoms with E-state index in [1.54, 1.807) is 28.4 Å². The molecule has 0 heterocycles. The van der Waals surface area contributed by atoms with Crippen LogP contribution in [0.4, 0.5) is 0 Å². The molecule has 0 amide bonds. The Morgan fingerprint density at radius 1 is 0.283 bits per heavy atom. The summed E-state index contributed by atoms with van der Waals surface area (Å²) in [4.78, 5) is 0. The molecule has 0 bridgehead atoms. The van der Waals surface area contributed by atoms with E-state index in [2.05, 4.69) is 66.7 Å². The molecule has 0 aliphatic heterocycles. The maximum Gasteiger partial charge on any atom is 1.00 e. The van der Waals surface area contributed by atoms with Gasteiger partial charge in [0.15, 0.2) is 0 Å². The van der Waals surface area contributed by atoms with E-state index in [-0.39, 0.29) is 130 Å². The third-order valence-electron chi connectivity index (χ3n) is 2.70. The number of alkyl halides is 3. The Balaban J connectivity index is -0.0000000311.